The molecule has 0 radical (unpaired) electrons. The first-order valence-corrected chi connectivity index (χ1v) is 8.66. The second kappa shape index (κ2) is 7.05. The van der Waals surface area contributed by atoms with Crippen LogP contribution < -0.4 is 0 Å². The first-order valence-electron chi connectivity index (χ1n) is 8.66. The Balaban J connectivity index is 2.07. The molecule has 0 spiro atoms. The molecule has 130 valence electrons. The number of aromatic nitrogens is 3. The SMILES string of the molecule is CC(C)N(C(=O)Cn1c(-c2ccncc2)nc2ccccc21)C(C)C. The molecular weight excluding hydrogens is 312 g/mol. The van der Waals surface area contributed by atoms with Gasteiger partial charge in [0.2, 0.25) is 5.91 Å². The van der Waals surface area contributed by atoms with Crippen LogP contribution in [0.3, 0.4) is 0 Å². The van der Waals surface area contributed by atoms with Gasteiger partial charge >= 0.3 is 0 Å². The number of hydrogen-bond donors (Lipinski definition) is 0. The van der Waals surface area contributed by atoms with E-state index in [0.717, 1.165) is 22.4 Å². The lowest BCUT2D eigenvalue weighted by Crippen LogP contribution is -2.43. The average Bonchev–Trinajstić information content (AvgIpc) is 2.94. The van der Waals surface area contributed by atoms with Crippen molar-refractivity contribution in [1.29, 1.82) is 0 Å². The number of imidazole rings is 1. The van der Waals surface area contributed by atoms with Crippen molar-refractivity contribution in [1.82, 2.24) is 19.4 Å². The minimum atomic E-state index is 0.100. The van der Waals surface area contributed by atoms with Crippen LogP contribution >= 0.6 is 0 Å². The molecule has 0 saturated heterocycles. The maximum atomic E-state index is 13.0. The van der Waals surface area contributed by atoms with Crippen LogP contribution in [0.25, 0.3) is 22.4 Å². The Kier molecular flexibility index (Phi) is 4.83. The highest BCUT2D eigenvalue weighted by Gasteiger charge is 2.22. The van der Waals surface area contributed by atoms with Crippen molar-refractivity contribution in [2.75, 3.05) is 0 Å². The smallest absolute Gasteiger partial charge is 0.243 e. The largest absolute Gasteiger partial charge is 0.336 e. The van der Waals surface area contributed by atoms with E-state index in [0.29, 0.717) is 0 Å². The lowest BCUT2D eigenvalue weighted by atomic mass is 10.2. The number of rotatable bonds is 5. The van der Waals surface area contributed by atoms with Crippen molar-refractivity contribution in [3.8, 4) is 11.4 Å². The van der Waals surface area contributed by atoms with Gasteiger partial charge in [0.1, 0.15) is 12.4 Å². The van der Waals surface area contributed by atoms with Gasteiger partial charge in [0.15, 0.2) is 0 Å². The monoisotopic (exact) mass is 336 g/mol. The number of pyridine rings is 1. The molecule has 0 aliphatic heterocycles. The molecule has 3 aromatic rings. The third-order valence-electron chi connectivity index (χ3n) is 4.29. The number of fused-ring (bicyclic) bond motifs is 1. The summed E-state index contributed by atoms with van der Waals surface area (Å²) < 4.78 is 2.00. The molecule has 0 saturated carbocycles. The third-order valence-corrected chi connectivity index (χ3v) is 4.29. The predicted molar refractivity (Wildman–Crippen MR) is 100 cm³/mol. The molecule has 1 amide bonds. The minimum absolute atomic E-state index is 0.100. The van der Waals surface area contributed by atoms with E-state index in [1.165, 1.54) is 0 Å². The molecule has 1 aromatic carbocycles. The van der Waals surface area contributed by atoms with Gasteiger partial charge in [-0.25, -0.2) is 4.98 Å². The number of hydrogen-bond acceptors (Lipinski definition) is 3. The van der Waals surface area contributed by atoms with Gasteiger partial charge in [-0.3, -0.25) is 9.78 Å². The molecular formula is C20H24N4O. The van der Waals surface area contributed by atoms with E-state index in [9.17, 15) is 4.79 Å². The molecule has 2 aromatic heterocycles. The van der Waals surface area contributed by atoms with E-state index < -0.39 is 0 Å². The van der Waals surface area contributed by atoms with Crippen LogP contribution in [0.2, 0.25) is 0 Å². The van der Waals surface area contributed by atoms with Crippen molar-refractivity contribution >= 4 is 16.9 Å². The van der Waals surface area contributed by atoms with Crippen LogP contribution in [0.1, 0.15) is 27.7 Å². The zero-order chi connectivity index (χ0) is 18.0. The maximum absolute atomic E-state index is 13.0. The second-order valence-electron chi connectivity index (χ2n) is 6.73. The highest BCUT2D eigenvalue weighted by molar-refractivity contribution is 5.84. The summed E-state index contributed by atoms with van der Waals surface area (Å²) in [6.45, 7) is 8.47. The molecule has 0 aliphatic rings. The van der Waals surface area contributed by atoms with E-state index in [-0.39, 0.29) is 24.5 Å². The molecule has 25 heavy (non-hydrogen) atoms. The van der Waals surface area contributed by atoms with E-state index >= 15 is 0 Å². The van der Waals surface area contributed by atoms with Gasteiger partial charge in [-0.05, 0) is 52.0 Å². The zero-order valence-corrected chi connectivity index (χ0v) is 15.2. The van der Waals surface area contributed by atoms with Crippen LogP contribution in [0.15, 0.2) is 48.8 Å². The predicted octanol–water partition coefficient (Wildman–Crippen LogP) is 3.74. The number of carbonyl (C=O) groups excluding carboxylic acids is 1. The van der Waals surface area contributed by atoms with E-state index in [1.54, 1.807) is 12.4 Å². The Labute approximate surface area is 148 Å². The fourth-order valence-corrected chi connectivity index (χ4v) is 3.35. The minimum Gasteiger partial charge on any atom is -0.336 e. The summed E-state index contributed by atoms with van der Waals surface area (Å²) in [5.74, 6) is 0.896. The summed E-state index contributed by atoms with van der Waals surface area (Å²) >= 11 is 0. The third kappa shape index (κ3) is 3.40. The van der Waals surface area contributed by atoms with Crippen molar-refractivity contribution in [3.63, 3.8) is 0 Å². The van der Waals surface area contributed by atoms with Gasteiger partial charge in [-0.1, -0.05) is 12.1 Å². The number of amides is 1. The first-order chi connectivity index (χ1) is 12.0. The molecule has 0 atom stereocenters. The van der Waals surface area contributed by atoms with Crippen molar-refractivity contribution < 1.29 is 4.79 Å². The lowest BCUT2D eigenvalue weighted by molar-refractivity contribution is -0.135. The Bertz CT molecular complexity index is 860. The summed E-state index contributed by atoms with van der Waals surface area (Å²) in [5, 5.41) is 0. The summed E-state index contributed by atoms with van der Waals surface area (Å²) in [6, 6.07) is 12.1. The number of carbonyl (C=O) groups is 1. The van der Waals surface area contributed by atoms with Crippen LogP contribution in [0, 0.1) is 0 Å². The Morgan fingerprint density at radius 3 is 2.32 bits per heavy atom. The van der Waals surface area contributed by atoms with E-state index in [4.69, 9.17) is 4.98 Å². The lowest BCUT2D eigenvalue weighted by Gasteiger charge is -2.31. The highest BCUT2D eigenvalue weighted by atomic mass is 16.2. The maximum Gasteiger partial charge on any atom is 0.243 e. The fourth-order valence-electron chi connectivity index (χ4n) is 3.35. The van der Waals surface area contributed by atoms with Gasteiger partial charge < -0.3 is 9.47 Å². The molecule has 0 N–H and O–H groups in total. The number of nitrogens with zero attached hydrogens (tertiary/aromatic N) is 4. The van der Waals surface area contributed by atoms with Crippen LogP contribution in [-0.2, 0) is 11.3 Å². The molecule has 5 nitrogen and oxygen atoms in total. The van der Waals surface area contributed by atoms with Crippen LogP contribution in [0.5, 0.6) is 0 Å². The zero-order valence-electron chi connectivity index (χ0n) is 15.2. The van der Waals surface area contributed by atoms with Gasteiger partial charge in [0.25, 0.3) is 0 Å². The molecule has 0 unspecified atom stereocenters. The molecule has 0 fully saturated rings. The van der Waals surface area contributed by atoms with Gasteiger partial charge in [-0.15, -0.1) is 0 Å². The molecule has 2 heterocycles. The normalized spacial score (nSPS) is 11.4. The van der Waals surface area contributed by atoms with Crippen molar-refractivity contribution in [3.05, 3.63) is 48.8 Å². The quantitative estimate of drug-likeness (QED) is 0.713. The van der Waals surface area contributed by atoms with E-state index in [2.05, 4.69) is 4.98 Å². The van der Waals surface area contributed by atoms with Crippen LogP contribution in [-0.4, -0.2) is 37.4 Å². The molecule has 5 heteroatoms. The van der Waals surface area contributed by atoms with Crippen LogP contribution in [0.4, 0.5) is 0 Å². The Morgan fingerprint density at radius 1 is 1.04 bits per heavy atom. The van der Waals surface area contributed by atoms with Crippen molar-refractivity contribution in [2.45, 2.75) is 46.3 Å². The van der Waals surface area contributed by atoms with E-state index in [1.807, 2.05) is 73.6 Å². The molecule has 0 aliphatic carbocycles. The number of benzene rings is 1. The average molecular weight is 336 g/mol. The molecule has 0 bridgehead atoms. The standard InChI is InChI=1S/C20H24N4O/c1-14(2)24(15(3)4)19(25)13-23-18-8-6-5-7-17(18)22-20(23)16-9-11-21-12-10-16/h5-12,14-15H,13H2,1-4H3. The van der Waals surface area contributed by atoms with Gasteiger partial charge in [-0.2, -0.15) is 0 Å². The summed E-state index contributed by atoms with van der Waals surface area (Å²) in [5.41, 5.74) is 2.82. The topological polar surface area (TPSA) is 51.0 Å². The Morgan fingerprint density at radius 2 is 1.68 bits per heavy atom. The summed E-state index contributed by atoms with van der Waals surface area (Å²) in [7, 11) is 0. The fraction of sp³-hybridized carbons (Fsp3) is 0.350. The number of para-hydroxylation sites is 2. The van der Waals surface area contributed by atoms with Crippen molar-refractivity contribution in [2.24, 2.45) is 0 Å². The summed E-state index contributed by atoms with van der Waals surface area (Å²) in [6.07, 6.45) is 3.49. The molecule has 3 rings (SSSR count). The Hall–Kier alpha value is -2.69. The highest BCUT2D eigenvalue weighted by Crippen LogP contribution is 2.25. The van der Waals surface area contributed by atoms with Gasteiger partial charge in [0, 0.05) is 30.0 Å². The summed E-state index contributed by atoms with van der Waals surface area (Å²) in [4.78, 5) is 23.7. The first kappa shape index (κ1) is 17.1. The van der Waals surface area contributed by atoms with Gasteiger partial charge in [0.05, 0.1) is 11.0 Å². The second-order valence-corrected chi connectivity index (χ2v) is 6.73.